The molecule has 0 saturated heterocycles. The monoisotopic (exact) mass is 423 g/mol. The van der Waals surface area contributed by atoms with Gasteiger partial charge in [0, 0.05) is 28.4 Å². The summed E-state index contributed by atoms with van der Waals surface area (Å²) in [5.41, 5.74) is 8.75. The van der Waals surface area contributed by atoms with Gasteiger partial charge in [-0.1, -0.05) is 23.7 Å². The standard InChI is InChI=1S/C21H18ClN5O3/c22-15-3-1-2-14(10-15)19-18(20(23)29)17-11-26(8-9-27(17)25-19)21(30)24-16-6-4-13(12-28)5-7-16/h1-7,10,12H,8-9,11H2,(H2,23,29)(H,24,30). The van der Waals surface area contributed by atoms with Crippen molar-refractivity contribution in [3.8, 4) is 11.3 Å². The van der Waals surface area contributed by atoms with Gasteiger partial charge in [-0.25, -0.2) is 4.79 Å². The third-order valence-corrected chi connectivity index (χ3v) is 5.14. The Morgan fingerprint density at radius 3 is 2.57 bits per heavy atom. The Bertz CT molecular complexity index is 1140. The summed E-state index contributed by atoms with van der Waals surface area (Å²) in [4.78, 5) is 37.3. The molecule has 9 heteroatoms. The lowest BCUT2D eigenvalue weighted by atomic mass is 10.0. The molecule has 3 N–H and O–H groups in total. The Morgan fingerprint density at radius 2 is 1.90 bits per heavy atom. The van der Waals surface area contributed by atoms with Crippen LogP contribution in [0.3, 0.4) is 0 Å². The van der Waals surface area contributed by atoms with Gasteiger partial charge in [0.15, 0.2) is 0 Å². The topological polar surface area (TPSA) is 110 Å². The zero-order valence-electron chi connectivity index (χ0n) is 15.8. The number of hydrogen-bond acceptors (Lipinski definition) is 4. The summed E-state index contributed by atoms with van der Waals surface area (Å²) in [6.07, 6.45) is 0.736. The molecule has 4 rings (SSSR count). The molecule has 8 nitrogen and oxygen atoms in total. The van der Waals surface area contributed by atoms with E-state index in [9.17, 15) is 14.4 Å². The minimum Gasteiger partial charge on any atom is -0.365 e. The second-order valence-corrected chi connectivity index (χ2v) is 7.30. The number of fused-ring (bicyclic) bond motifs is 1. The van der Waals surface area contributed by atoms with Crippen LogP contribution in [-0.4, -0.2) is 39.4 Å². The third kappa shape index (κ3) is 3.77. The van der Waals surface area contributed by atoms with Gasteiger partial charge >= 0.3 is 6.03 Å². The van der Waals surface area contributed by atoms with E-state index in [1.54, 1.807) is 58.1 Å². The molecule has 0 bridgehead atoms. The van der Waals surface area contributed by atoms with E-state index in [2.05, 4.69) is 10.4 Å². The molecule has 0 aliphatic carbocycles. The first-order valence-corrected chi connectivity index (χ1v) is 9.60. The van der Waals surface area contributed by atoms with Gasteiger partial charge in [-0.3, -0.25) is 14.3 Å². The summed E-state index contributed by atoms with van der Waals surface area (Å²) in [5, 5.41) is 7.87. The van der Waals surface area contributed by atoms with Gasteiger partial charge < -0.3 is 16.0 Å². The van der Waals surface area contributed by atoms with Crippen molar-refractivity contribution in [1.29, 1.82) is 0 Å². The number of hydrogen-bond donors (Lipinski definition) is 2. The highest BCUT2D eigenvalue weighted by atomic mass is 35.5. The molecule has 0 atom stereocenters. The summed E-state index contributed by atoms with van der Waals surface area (Å²) < 4.78 is 1.71. The number of halogens is 1. The summed E-state index contributed by atoms with van der Waals surface area (Å²) in [6.45, 7) is 1.03. The minimum atomic E-state index is -0.613. The van der Waals surface area contributed by atoms with E-state index in [0.29, 0.717) is 46.3 Å². The summed E-state index contributed by atoms with van der Waals surface area (Å²) in [6, 6.07) is 13.3. The highest BCUT2D eigenvalue weighted by molar-refractivity contribution is 6.30. The number of carbonyl (C=O) groups is 3. The number of carbonyl (C=O) groups excluding carboxylic acids is 3. The number of nitrogens with two attached hydrogens (primary N) is 1. The molecule has 0 spiro atoms. The molecule has 30 heavy (non-hydrogen) atoms. The number of aldehydes is 1. The largest absolute Gasteiger partial charge is 0.365 e. The van der Waals surface area contributed by atoms with Crippen molar-refractivity contribution >= 4 is 35.5 Å². The third-order valence-electron chi connectivity index (χ3n) is 4.91. The maximum atomic E-state index is 12.7. The van der Waals surface area contributed by atoms with Crippen LogP contribution in [0.15, 0.2) is 48.5 Å². The predicted octanol–water partition coefficient (Wildman–Crippen LogP) is 3.16. The lowest BCUT2D eigenvalue weighted by Gasteiger charge is -2.28. The second kappa shape index (κ2) is 8.00. The molecule has 2 aromatic carbocycles. The van der Waals surface area contributed by atoms with Crippen molar-refractivity contribution in [2.24, 2.45) is 5.73 Å². The molecular weight excluding hydrogens is 406 g/mol. The maximum absolute atomic E-state index is 12.7. The van der Waals surface area contributed by atoms with E-state index in [-0.39, 0.29) is 18.1 Å². The van der Waals surface area contributed by atoms with E-state index >= 15 is 0 Å². The first kappa shape index (κ1) is 19.7. The molecule has 0 saturated carbocycles. The van der Waals surface area contributed by atoms with Crippen LogP contribution in [-0.2, 0) is 13.1 Å². The Hall–Kier alpha value is -3.65. The fourth-order valence-electron chi connectivity index (χ4n) is 3.44. The molecule has 0 radical (unpaired) electrons. The summed E-state index contributed by atoms with van der Waals surface area (Å²) >= 11 is 6.08. The predicted molar refractivity (Wildman–Crippen MR) is 112 cm³/mol. The molecule has 152 valence electrons. The van der Waals surface area contributed by atoms with E-state index in [4.69, 9.17) is 17.3 Å². The molecule has 2 heterocycles. The normalized spacial score (nSPS) is 12.9. The van der Waals surface area contributed by atoms with Crippen LogP contribution < -0.4 is 11.1 Å². The van der Waals surface area contributed by atoms with Crippen LogP contribution in [0.4, 0.5) is 10.5 Å². The molecule has 1 aliphatic rings. The smallest absolute Gasteiger partial charge is 0.322 e. The first-order chi connectivity index (χ1) is 14.5. The summed E-state index contributed by atoms with van der Waals surface area (Å²) in [5.74, 6) is -0.613. The Kier molecular flexibility index (Phi) is 5.24. The Balaban J connectivity index is 1.60. The van der Waals surface area contributed by atoms with E-state index in [0.717, 1.165) is 6.29 Å². The number of amides is 3. The molecule has 3 aromatic rings. The zero-order valence-corrected chi connectivity index (χ0v) is 16.6. The van der Waals surface area contributed by atoms with Crippen molar-refractivity contribution in [1.82, 2.24) is 14.7 Å². The highest BCUT2D eigenvalue weighted by Gasteiger charge is 2.29. The fraction of sp³-hybridized carbons (Fsp3) is 0.143. The second-order valence-electron chi connectivity index (χ2n) is 6.86. The summed E-state index contributed by atoms with van der Waals surface area (Å²) in [7, 11) is 0. The van der Waals surface area contributed by atoms with Gasteiger partial charge in [0.1, 0.15) is 12.0 Å². The van der Waals surface area contributed by atoms with Gasteiger partial charge in [-0.05, 0) is 36.4 Å². The molecule has 3 amide bonds. The van der Waals surface area contributed by atoms with Crippen LogP contribution in [0.5, 0.6) is 0 Å². The minimum absolute atomic E-state index is 0.185. The zero-order chi connectivity index (χ0) is 21.3. The number of urea groups is 1. The lowest BCUT2D eigenvalue weighted by molar-refractivity contribution is 0.0997. The van der Waals surface area contributed by atoms with Gasteiger partial charge in [0.2, 0.25) is 0 Å². The van der Waals surface area contributed by atoms with Gasteiger partial charge in [-0.2, -0.15) is 5.10 Å². The number of anilines is 1. The number of rotatable bonds is 4. The SMILES string of the molecule is NC(=O)c1c(-c2cccc(Cl)c2)nn2c1CN(C(=O)Nc1ccc(C=O)cc1)CC2. The van der Waals surface area contributed by atoms with Crippen LogP contribution >= 0.6 is 11.6 Å². The number of nitrogens with zero attached hydrogens (tertiary/aromatic N) is 3. The lowest BCUT2D eigenvalue weighted by Crippen LogP contribution is -2.41. The number of aromatic nitrogens is 2. The van der Waals surface area contributed by atoms with Crippen LogP contribution in [0.25, 0.3) is 11.3 Å². The van der Waals surface area contributed by atoms with E-state index < -0.39 is 5.91 Å². The molecule has 1 aliphatic heterocycles. The Morgan fingerprint density at radius 1 is 1.13 bits per heavy atom. The average molecular weight is 424 g/mol. The quantitative estimate of drug-likeness (QED) is 0.628. The number of benzene rings is 2. The molecular formula is C21H18ClN5O3. The number of nitrogens with one attached hydrogen (secondary N) is 1. The molecule has 1 aromatic heterocycles. The van der Waals surface area contributed by atoms with Gasteiger partial charge in [-0.15, -0.1) is 0 Å². The van der Waals surface area contributed by atoms with Crippen LogP contribution in [0.1, 0.15) is 26.4 Å². The maximum Gasteiger partial charge on any atom is 0.322 e. The molecule has 0 unspecified atom stereocenters. The van der Waals surface area contributed by atoms with E-state index in [1.165, 1.54) is 0 Å². The Labute approximate surface area is 177 Å². The van der Waals surface area contributed by atoms with Crippen LogP contribution in [0.2, 0.25) is 5.02 Å². The van der Waals surface area contributed by atoms with E-state index in [1.807, 2.05) is 0 Å². The van der Waals surface area contributed by atoms with Gasteiger partial charge in [0.25, 0.3) is 5.91 Å². The van der Waals surface area contributed by atoms with Crippen molar-refractivity contribution < 1.29 is 14.4 Å². The average Bonchev–Trinajstić information content (AvgIpc) is 3.13. The van der Waals surface area contributed by atoms with Crippen molar-refractivity contribution in [3.63, 3.8) is 0 Å². The van der Waals surface area contributed by atoms with Gasteiger partial charge in [0.05, 0.1) is 24.3 Å². The van der Waals surface area contributed by atoms with Crippen LogP contribution in [0, 0.1) is 0 Å². The van der Waals surface area contributed by atoms with Crippen molar-refractivity contribution in [3.05, 3.63) is 70.4 Å². The highest BCUT2D eigenvalue weighted by Crippen LogP contribution is 2.29. The van der Waals surface area contributed by atoms with Crippen molar-refractivity contribution in [2.45, 2.75) is 13.1 Å². The number of primary amides is 1. The first-order valence-electron chi connectivity index (χ1n) is 9.23. The fourth-order valence-corrected chi connectivity index (χ4v) is 3.63. The van der Waals surface area contributed by atoms with Crippen molar-refractivity contribution in [2.75, 3.05) is 11.9 Å². The molecule has 0 fully saturated rings.